The lowest BCUT2D eigenvalue weighted by molar-refractivity contribution is 0.294. The van der Waals surface area contributed by atoms with E-state index in [1.54, 1.807) is 0 Å². The fourth-order valence-electron chi connectivity index (χ4n) is 3.72. The summed E-state index contributed by atoms with van der Waals surface area (Å²) in [6, 6.07) is 19.5. The molecule has 107 valence electrons. The molecule has 2 aromatic carbocycles. The molecule has 2 aliphatic heterocycles. The number of hydrogen-bond donors (Lipinski definition) is 1. The number of fused-ring (bicyclic) bond motifs is 1. The normalized spacial score (nSPS) is 19.9. The van der Waals surface area contributed by atoms with Crippen molar-refractivity contribution in [2.24, 2.45) is 0 Å². The minimum atomic E-state index is 0.0720. The first kappa shape index (κ1) is 12.7. The Kier molecular flexibility index (Phi) is 3.08. The highest BCUT2D eigenvalue weighted by molar-refractivity contribution is 5.71. The van der Waals surface area contributed by atoms with Crippen molar-refractivity contribution in [1.29, 1.82) is 0 Å². The third-order valence-electron chi connectivity index (χ3n) is 4.81. The molecule has 0 amide bonds. The zero-order chi connectivity index (χ0) is 14.1. The molecule has 2 heterocycles. The van der Waals surface area contributed by atoms with Crippen LogP contribution in [0.1, 0.15) is 18.4 Å². The van der Waals surface area contributed by atoms with E-state index in [0.29, 0.717) is 0 Å². The number of piperidine rings is 1. The molecule has 1 fully saturated rings. The quantitative estimate of drug-likeness (QED) is 0.915. The van der Waals surface area contributed by atoms with Gasteiger partial charge in [0.15, 0.2) is 0 Å². The molecule has 1 saturated heterocycles. The van der Waals surface area contributed by atoms with Crippen LogP contribution in [0, 0.1) is 0 Å². The van der Waals surface area contributed by atoms with Crippen LogP contribution >= 0.6 is 0 Å². The molecule has 2 aromatic rings. The van der Waals surface area contributed by atoms with Crippen molar-refractivity contribution in [2.75, 3.05) is 24.7 Å². The largest absolute Gasteiger partial charge is 0.340 e. The second kappa shape index (κ2) is 5.08. The summed E-state index contributed by atoms with van der Waals surface area (Å²) in [5.41, 5.74) is 3.90. The molecule has 2 aliphatic rings. The van der Waals surface area contributed by atoms with E-state index in [4.69, 9.17) is 5.32 Å². The van der Waals surface area contributed by atoms with Gasteiger partial charge in [-0.2, -0.15) is 0 Å². The van der Waals surface area contributed by atoms with Gasteiger partial charge < -0.3 is 10.2 Å². The fourth-order valence-corrected chi connectivity index (χ4v) is 3.72. The van der Waals surface area contributed by atoms with Gasteiger partial charge >= 0.3 is 0 Å². The van der Waals surface area contributed by atoms with Gasteiger partial charge in [0.05, 0.1) is 16.9 Å². The third kappa shape index (κ3) is 2.00. The monoisotopic (exact) mass is 278 g/mol. The molecule has 0 bridgehead atoms. The SMILES string of the molecule is c1ccc(C2(N3C[N]c4ccccc43)CCNCC2)cc1. The molecule has 0 saturated carbocycles. The van der Waals surface area contributed by atoms with Crippen LogP contribution in [0.4, 0.5) is 11.4 Å². The van der Waals surface area contributed by atoms with Crippen LogP contribution in [0.25, 0.3) is 0 Å². The van der Waals surface area contributed by atoms with E-state index in [1.165, 1.54) is 11.3 Å². The number of hydrogen-bond acceptors (Lipinski definition) is 2. The molecule has 3 nitrogen and oxygen atoms in total. The summed E-state index contributed by atoms with van der Waals surface area (Å²) in [4.78, 5) is 2.51. The van der Waals surface area contributed by atoms with Gasteiger partial charge in [0, 0.05) is 0 Å². The fraction of sp³-hybridized carbons (Fsp3) is 0.333. The van der Waals surface area contributed by atoms with Gasteiger partial charge in [-0.3, -0.25) is 5.32 Å². The van der Waals surface area contributed by atoms with Crippen LogP contribution in [-0.2, 0) is 5.54 Å². The molecule has 0 unspecified atom stereocenters. The zero-order valence-corrected chi connectivity index (χ0v) is 12.1. The van der Waals surface area contributed by atoms with Crippen LogP contribution in [0.15, 0.2) is 54.6 Å². The van der Waals surface area contributed by atoms with Crippen molar-refractivity contribution >= 4 is 11.4 Å². The molecule has 1 N–H and O–H groups in total. The predicted octanol–water partition coefficient (Wildman–Crippen LogP) is 2.98. The second-order valence-electron chi connectivity index (χ2n) is 5.86. The Balaban J connectivity index is 1.81. The van der Waals surface area contributed by atoms with Crippen molar-refractivity contribution < 1.29 is 0 Å². The van der Waals surface area contributed by atoms with E-state index < -0.39 is 0 Å². The number of nitrogens with zero attached hydrogens (tertiary/aromatic N) is 2. The molecule has 0 atom stereocenters. The summed E-state index contributed by atoms with van der Waals surface area (Å²) >= 11 is 0. The Morgan fingerprint density at radius 3 is 2.43 bits per heavy atom. The van der Waals surface area contributed by atoms with Gasteiger partial charge in [-0.25, -0.2) is 0 Å². The van der Waals surface area contributed by atoms with Crippen LogP contribution < -0.4 is 15.5 Å². The standard InChI is InChI=1S/C18H20N3/c1-2-6-15(7-3-1)18(10-12-19-13-11-18)21-14-20-16-8-4-5-9-17(16)21/h1-9,19H,10-14H2. The number of rotatable bonds is 2. The van der Waals surface area contributed by atoms with E-state index in [-0.39, 0.29) is 5.54 Å². The average molecular weight is 278 g/mol. The number of benzene rings is 2. The van der Waals surface area contributed by atoms with Crippen LogP contribution in [0.3, 0.4) is 0 Å². The molecule has 1 radical (unpaired) electrons. The van der Waals surface area contributed by atoms with Crippen LogP contribution in [-0.4, -0.2) is 19.8 Å². The number of para-hydroxylation sites is 2. The molecule has 3 heteroatoms. The van der Waals surface area contributed by atoms with Crippen molar-refractivity contribution in [2.45, 2.75) is 18.4 Å². The lowest BCUT2D eigenvalue weighted by atomic mass is 9.79. The first-order chi connectivity index (χ1) is 10.4. The first-order valence-electron chi connectivity index (χ1n) is 7.71. The summed E-state index contributed by atoms with van der Waals surface area (Å²) in [7, 11) is 0. The molecule has 0 spiro atoms. The number of anilines is 1. The maximum atomic E-state index is 4.73. The van der Waals surface area contributed by atoms with E-state index in [9.17, 15) is 0 Å². The third-order valence-corrected chi connectivity index (χ3v) is 4.81. The van der Waals surface area contributed by atoms with Gasteiger partial charge in [-0.05, 0) is 43.6 Å². The summed E-state index contributed by atoms with van der Waals surface area (Å²) in [6.45, 7) is 2.90. The Labute approximate surface area is 126 Å². The highest BCUT2D eigenvalue weighted by Crippen LogP contribution is 2.45. The Bertz CT molecular complexity index is 617. The smallest absolute Gasteiger partial charge is 0.111 e. The topological polar surface area (TPSA) is 29.4 Å². The van der Waals surface area contributed by atoms with Gasteiger partial charge in [0.25, 0.3) is 0 Å². The zero-order valence-electron chi connectivity index (χ0n) is 12.1. The Morgan fingerprint density at radius 2 is 1.62 bits per heavy atom. The lowest BCUT2D eigenvalue weighted by Gasteiger charge is -2.46. The summed E-state index contributed by atoms with van der Waals surface area (Å²) in [6.07, 6.45) is 2.25. The van der Waals surface area contributed by atoms with E-state index in [2.05, 4.69) is 64.8 Å². The maximum absolute atomic E-state index is 4.73. The van der Waals surface area contributed by atoms with Crippen molar-refractivity contribution in [1.82, 2.24) is 10.6 Å². The molecular weight excluding hydrogens is 258 g/mol. The van der Waals surface area contributed by atoms with Crippen molar-refractivity contribution in [3.05, 3.63) is 60.2 Å². The Hall–Kier alpha value is -2.00. The van der Waals surface area contributed by atoms with E-state index in [0.717, 1.165) is 38.3 Å². The van der Waals surface area contributed by atoms with Gasteiger partial charge in [0.1, 0.15) is 6.67 Å². The van der Waals surface area contributed by atoms with Crippen molar-refractivity contribution in [3.8, 4) is 0 Å². The molecule has 0 aliphatic carbocycles. The molecule has 21 heavy (non-hydrogen) atoms. The molecule has 4 rings (SSSR count). The molecule has 0 aromatic heterocycles. The minimum absolute atomic E-state index is 0.0720. The Morgan fingerprint density at radius 1 is 0.905 bits per heavy atom. The highest BCUT2D eigenvalue weighted by atomic mass is 15.3. The predicted molar refractivity (Wildman–Crippen MR) is 85.8 cm³/mol. The summed E-state index contributed by atoms with van der Waals surface area (Å²) < 4.78 is 0. The average Bonchev–Trinajstić information content (AvgIpc) is 3.01. The van der Waals surface area contributed by atoms with Crippen LogP contribution in [0.2, 0.25) is 0 Å². The first-order valence-corrected chi connectivity index (χ1v) is 7.71. The van der Waals surface area contributed by atoms with E-state index >= 15 is 0 Å². The minimum Gasteiger partial charge on any atom is -0.340 e. The summed E-state index contributed by atoms with van der Waals surface area (Å²) in [5.74, 6) is 0. The second-order valence-corrected chi connectivity index (χ2v) is 5.86. The highest BCUT2D eigenvalue weighted by Gasteiger charge is 2.42. The lowest BCUT2D eigenvalue weighted by Crippen LogP contribution is -2.52. The van der Waals surface area contributed by atoms with E-state index in [1.807, 2.05) is 0 Å². The van der Waals surface area contributed by atoms with Gasteiger partial charge in [0.2, 0.25) is 0 Å². The number of nitrogens with one attached hydrogen (secondary N) is 1. The van der Waals surface area contributed by atoms with Crippen LogP contribution in [0.5, 0.6) is 0 Å². The van der Waals surface area contributed by atoms with Gasteiger partial charge in [-0.15, -0.1) is 0 Å². The maximum Gasteiger partial charge on any atom is 0.111 e. The van der Waals surface area contributed by atoms with Gasteiger partial charge in [-0.1, -0.05) is 42.5 Å². The molecular formula is C18H20N3. The van der Waals surface area contributed by atoms with Crippen molar-refractivity contribution in [3.63, 3.8) is 0 Å². The summed E-state index contributed by atoms with van der Waals surface area (Å²) in [5, 5.41) is 8.23.